The van der Waals surface area contributed by atoms with Gasteiger partial charge >= 0.3 is 0 Å². The number of benzene rings is 1. The molecular weight excluding hydrogens is 264 g/mol. The first-order valence-corrected chi connectivity index (χ1v) is 7.87. The zero-order valence-electron chi connectivity index (χ0n) is 11.3. The fourth-order valence-electron chi connectivity index (χ4n) is 2.16. The monoisotopic (exact) mass is 284 g/mol. The quantitative estimate of drug-likeness (QED) is 0.855. The van der Waals surface area contributed by atoms with Crippen molar-refractivity contribution in [3.8, 4) is 5.75 Å². The molecule has 0 atom stereocenters. The molecule has 0 bridgehead atoms. The zero-order chi connectivity index (χ0) is 14.0. The van der Waals surface area contributed by atoms with Crippen LogP contribution in [0.1, 0.15) is 25.3 Å². The van der Waals surface area contributed by atoms with Gasteiger partial charge in [-0.3, -0.25) is 0 Å². The molecule has 106 valence electrons. The molecule has 0 saturated heterocycles. The summed E-state index contributed by atoms with van der Waals surface area (Å²) >= 11 is 0. The highest BCUT2D eigenvalue weighted by atomic mass is 32.2. The molecule has 1 aliphatic carbocycles. The number of hydrogen-bond donors (Lipinski definition) is 1. The summed E-state index contributed by atoms with van der Waals surface area (Å²) in [6.07, 6.45) is 1.87. The van der Waals surface area contributed by atoms with Gasteiger partial charge in [0.25, 0.3) is 0 Å². The number of rotatable bonds is 6. The molecule has 5 nitrogen and oxygen atoms in total. The fourth-order valence-corrected chi connectivity index (χ4v) is 4.06. The SMILES string of the molecule is CCN(C1CC1)S(=O)(=O)c1cc(CN)ccc1OC. The van der Waals surface area contributed by atoms with Gasteiger partial charge in [0.15, 0.2) is 0 Å². The van der Waals surface area contributed by atoms with Gasteiger partial charge in [0.2, 0.25) is 10.0 Å². The van der Waals surface area contributed by atoms with Crippen LogP contribution in [-0.4, -0.2) is 32.4 Å². The average molecular weight is 284 g/mol. The van der Waals surface area contributed by atoms with Gasteiger partial charge in [-0.05, 0) is 30.5 Å². The van der Waals surface area contributed by atoms with Crippen molar-refractivity contribution >= 4 is 10.0 Å². The Balaban J connectivity index is 2.48. The molecule has 2 rings (SSSR count). The normalized spacial score (nSPS) is 15.8. The standard InChI is InChI=1S/C13H20N2O3S/c1-3-15(11-5-6-11)19(16,17)13-8-10(9-14)4-7-12(13)18-2/h4,7-8,11H,3,5-6,9,14H2,1-2H3. The number of nitrogens with two attached hydrogens (primary N) is 1. The van der Waals surface area contributed by atoms with Crippen LogP contribution in [0.3, 0.4) is 0 Å². The van der Waals surface area contributed by atoms with E-state index in [0.717, 1.165) is 18.4 Å². The molecule has 1 saturated carbocycles. The maximum atomic E-state index is 12.7. The molecule has 0 amide bonds. The lowest BCUT2D eigenvalue weighted by Crippen LogP contribution is -2.33. The molecule has 1 aromatic rings. The average Bonchev–Trinajstić information content (AvgIpc) is 3.23. The van der Waals surface area contributed by atoms with Gasteiger partial charge in [-0.1, -0.05) is 13.0 Å². The van der Waals surface area contributed by atoms with Crippen molar-refractivity contribution < 1.29 is 13.2 Å². The van der Waals surface area contributed by atoms with Crippen LogP contribution in [0.2, 0.25) is 0 Å². The number of sulfonamides is 1. The minimum Gasteiger partial charge on any atom is -0.495 e. The Morgan fingerprint density at radius 2 is 2.11 bits per heavy atom. The third kappa shape index (κ3) is 2.75. The molecule has 1 aliphatic rings. The number of methoxy groups -OCH3 is 1. The number of ether oxygens (including phenoxy) is 1. The van der Waals surface area contributed by atoms with E-state index >= 15 is 0 Å². The summed E-state index contributed by atoms with van der Waals surface area (Å²) in [5.74, 6) is 0.372. The second-order valence-corrected chi connectivity index (χ2v) is 6.49. The first-order valence-electron chi connectivity index (χ1n) is 6.43. The molecule has 0 heterocycles. The summed E-state index contributed by atoms with van der Waals surface area (Å²) in [7, 11) is -2.03. The Morgan fingerprint density at radius 3 is 2.58 bits per heavy atom. The second-order valence-electron chi connectivity index (χ2n) is 4.63. The Morgan fingerprint density at radius 1 is 1.42 bits per heavy atom. The second kappa shape index (κ2) is 5.48. The van der Waals surface area contributed by atoms with Gasteiger partial charge in [0.05, 0.1) is 7.11 Å². The van der Waals surface area contributed by atoms with Crippen LogP contribution in [-0.2, 0) is 16.6 Å². The van der Waals surface area contributed by atoms with E-state index in [4.69, 9.17) is 10.5 Å². The summed E-state index contributed by atoms with van der Waals surface area (Å²) in [5, 5.41) is 0. The van der Waals surface area contributed by atoms with Gasteiger partial charge in [-0.15, -0.1) is 0 Å². The van der Waals surface area contributed by atoms with E-state index < -0.39 is 10.0 Å². The van der Waals surface area contributed by atoms with Gasteiger partial charge in [0.1, 0.15) is 10.6 Å². The molecule has 1 aromatic carbocycles. The molecule has 0 aliphatic heterocycles. The van der Waals surface area contributed by atoms with Gasteiger partial charge < -0.3 is 10.5 Å². The third-order valence-electron chi connectivity index (χ3n) is 3.32. The molecular formula is C13H20N2O3S. The van der Waals surface area contributed by atoms with Crippen molar-refractivity contribution in [3.05, 3.63) is 23.8 Å². The van der Waals surface area contributed by atoms with Crippen LogP contribution in [0, 0.1) is 0 Å². The van der Waals surface area contributed by atoms with Gasteiger partial charge in [-0.2, -0.15) is 4.31 Å². The minimum absolute atomic E-state index is 0.140. The first-order chi connectivity index (χ1) is 9.04. The molecule has 0 radical (unpaired) electrons. The molecule has 1 fully saturated rings. The summed E-state index contributed by atoms with van der Waals surface area (Å²) < 4.78 is 32.1. The third-order valence-corrected chi connectivity index (χ3v) is 5.36. The summed E-state index contributed by atoms with van der Waals surface area (Å²) in [4.78, 5) is 0.215. The Bertz CT molecular complexity index is 553. The van der Waals surface area contributed by atoms with E-state index in [1.54, 1.807) is 22.5 Å². The molecule has 2 N–H and O–H groups in total. The Kier molecular flexibility index (Phi) is 4.13. The van der Waals surface area contributed by atoms with Crippen molar-refractivity contribution in [2.24, 2.45) is 5.73 Å². The van der Waals surface area contributed by atoms with Crippen LogP contribution in [0.25, 0.3) is 0 Å². The summed E-state index contributed by atoms with van der Waals surface area (Å²) in [6.45, 7) is 2.64. The smallest absolute Gasteiger partial charge is 0.247 e. The fraction of sp³-hybridized carbons (Fsp3) is 0.538. The summed E-state index contributed by atoms with van der Waals surface area (Å²) in [6, 6.07) is 5.20. The zero-order valence-corrected chi connectivity index (χ0v) is 12.1. The highest BCUT2D eigenvalue weighted by molar-refractivity contribution is 7.89. The Hall–Kier alpha value is -1.11. The van der Waals surface area contributed by atoms with Crippen molar-refractivity contribution in [2.75, 3.05) is 13.7 Å². The molecule has 0 spiro atoms. The highest BCUT2D eigenvalue weighted by Crippen LogP contribution is 2.35. The van der Waals surface area contributed by atoms with Gasteiger partial charge in [-0.25, -0.2) is 8.42 Å². The van der Waals surface area contributed by atoms with E-state index in [0.29, 0.717) is 18.8 Å². The highest BCUT2D eigenvalue weighted by Gasteiger charge is 2.38. The predicted octanol–water partition coefficient (Wildman–Crippen LogP) is 1.33. The number of nitrogens with zero attached hydrogens (tertiary/aromatic N) is 1. The maximum absolute atomic E-state index is 12.7. The lowest BCUT2D eigenvalue weighted by molar-refractivity contribution is 0.390. The molecule has 0 unspecified atom stereocenters. The van der Waals surface area contributed by atoms with Crippen molar-refractivity contribution in [3.63, 3.8) is 0 Å². The largest absolute Gasteiger partial charge is 0.495 e. The van der Waals surface area contributed by atoms with E-state index in [1.807, 2.05) is 6.92 Å². The first kappa shape index (κ1) is 14.3. The van der Waals surface area contributed by atoms with E-state index in [1.165, 1.54) is 7.11 Å². The number of hydrogen-bond acceptors (Lipinski definition) is 4. The van der Waals surface area contributed by atoms with Crippen LogP contribution in [0.4, 0.5) is 0 Å². The molecule has 6 heteroatoms. The van der Waals surface area contributed by atoms with Gasteiger partial charge in [0, 0.05) is 19.1 Å². The summed E-state index contributed by atoms with van der Waals surface area (Å²) in [5.41, 5.74) is 6.37. The van der Waals surface area contributed by atoms with E-state index in [-0.39, 0.29) is 10.9 Å². The lowest BCUT2D eigenvalue weighted by Gasteiger charge is -2.21. The van der Waals surface area contributed by atoms with Crippen LogP contribution >= 0.6 is 0 Å². The lowest BCUT2D eigenvalue weighted by atomic mass is 10.2. The molecule has 19 heavy (non-hydrogen) atoms. The predicted molar refractivity (Wildman–Crippen MR) is 73.5 cm³/mol. The van der Waals surface area contributed by atoms with Crippen LogP contribution in [0.15, 0.2) is 23.1 Å². The minimum atomic E-state index is -3.51. The van der Waals surface area contributed by atoms with E-state index in [2.05, 4.69) is 0 Å². The maximum Gasteiger partial charge on any atom is 0.247 e. The topological polar surface area (TPSA) is 72.6 Å². The van der Waals surface area contributed by atoms with Crippen molar-refractivity contribution in [1.82, 2.24) is 4.31 Å². The van der Waals surface area contributed by atoms with Crippen LogP contribution < -0.4 is 10.5 Å². The molecule has 0 aromatic heterocycles. The van der Waals surface area contributed by atoms with E-state index in [9.17, 15) is 8.42 Å². The Labute approximate surface area is 114 Å². The van der Waals surface area contributed by atoms with Crippen molar-refractivity contribution in [1.29, 1.82) is 0 Å². The van der Waals surface area contributed by atoms with Crippen LogP contribution in [0.5, 0.6) is 5.75 Å². The van der Waals surface area contributed by atoms with Crippen molar-refractivity contribution in [2.45, 2.75) is 37.2 Å².